The number of rotatable bonds is 17. The van der Waals surface area contributed by atoms with Crippen molar-refractivity contribution in [3.8, 4) is 11.5 Å². The third kappa shape index (κ3) is 8.46. The van der Waals surface area contributed by atoms with Crippen molar-refractivity contribution in [1.29, 1.82) is 0 Å². The van der Waals surface area contributed by atoms with Crippen molar-refractivity contribution in [2.45, 2.75) is 57.8 Å². The van der Waals surface area contributed by atoms with E-state index in [4.69, 9.17) is 9.47 Å². The normalized spacial score (nSPS) is 11.3. The van der Waals surface area contributed by atoms with E-state index < -0.39 is 7.26 Å². The third-order valence-electron chi connectivity index (χ3n) is 7.88. The number of ether oxygens (including phenoxy) is 2. The molecule has 1 N–H and O–H groups in total. The standard InChI is InChI=1S/C37H43O4P/c1-40-36-30-31(26-27-35(36)38)37(39)41-28-18-7-5-3-2-4-6-8-19-29-42(32-20-12-9-13-21-32,33-22-14-10-15-23-33)34-24-16-11-17-25-34/h9-17,20-27,30H,2-8,18-19,28-29H2,1H3/p+1. The Kier molecular flexibility index (Phi) is 12.5. The van der Waals surface area contributed by atoms with Gasteiger partial charge in [0.05, 0.1) is 25.4 Å². The molecule has 0 amide bonds. The van der Waals surface area contributed by atoms with Crippen molar-refractivity contribution in [1.82, 2.24) is 0 Å². The zero-order chi connectivity index (χ0) is 29.5. The Morgan fingerprint density at radius 2 is 1.07 bits per heavy atom. The van der Waals surface area contributed by atoms with Gasteiger partial charge >= 0.3 is 5.97 Å². The number of aromatic hydroxyl groups is 1. The number of phenolic OH excluding ortho intramolecular Hbond substituents is 1. The smallest absolute Gasteiger partial charge is 0.338 e. The molecule has 0 saturated carbocycles. The van der Waals surface area contributed by atoms with Gasteiger partial charge < -0.3 is 14.6 Å². The Balaban J connectivity index is 1.17. The summed E-state index contributed by atoms with van der Waals surface area (Å²) in [6.45, 7) is 0.414. The Hall–Kier alpha value is -3.62. The third-order valence-corrected chi connectivity index (χ3v) is 12.4. The first-order chi connectivity index (χ1) is 20.6. The Bertz CT molecular complexity index is 1250. The number of carbonyl (C=O) groups is 1. The lowest BCUT2D eigenvalue weighted by Crippen LogP contribution is -2.33. The van der Waals surface area contributed by atoms with Crippen LogP contribution in [-0.2, 0) is 4.74 Å². The molecule has 0 saturated heterocycles. The fraction of sp³-hybridized carbons (Fsp3) is 0.324. The van der Waals surface area contributed by atoms with Crippen LogP contribution in [0.1, 0.15) is 68.1 Å². The second-order valence-electron chi connectivity index (χ2n) is 10.7. The van der Waals surface area contributed by atoms with E-state index in [-0.39, 0.29) is 17.5 Å². The average Bonchev–Trinajstić information content (AvgIpc) is 3.05. The predicted molar refractivity (Wildman–Crippen MR) is 177 cm³/mol. The number of hydrogen-bond acceptors (Lipinski definition) is 4. The van der Waals surface area contributed by atoms with Gasteiger partial charge in [-0.1, -0.05) is 93.1 Å². The second kappa shape index (κ2) is 16.7. The van der Waals surface area contributed by atoms with Crippen LogP contribution in [0.15, 0.2) is 109 Å². The van der Waals surface area contributed by atoms with Crippen LogP contribution in [0.25, 0.3) is 0 Å². The van der Waals surface area contributed by atoms with E-state index >= 15 is 0 Å². The molecule has 0 fully saturated rings. The minimum Gasteiger partial charge on any atom is -0.504 e. The summed E-state index contributed by atoms with van der Waals surface area (Å²) in [6, 6.07) is 38.0. The number of unbranched alkanes of at least 4 members (excludes halogenated alkanes) is 8. The van der Waals surface area contributed by atoms with Crippen LogP contribution in [0.5, 0.6) is 11.5 Å². The number of hydrogen-bond donors (Lipinski definition) is 1. The van der Waals surface area contributed by atoms with E-state index in [0.717, 1.165) is 19.3 Å². The first kappa shape index (κ1) is 31.3. The summed E-state index contributed by atoms with van der Waals surface area (Å²) in [4.78, 5) is 12.2. The molecule has 4 rings (SSSR count). The highest BCUT2D eigenvalue weighted by Crippen LogP contribution is 2.56. The number of esters is 1. The molecule has 4 aromatic rings. The first-order valence-corrected chi connectivity index (χ1v) is 17.2. The van der Waals surface area contributed by atoms with E-state index in [1.807, 2.05) is 0 Å². The van der Waals surface area contributed by atoms with E-state index in [0.29, 0.717) is 12.2 Å². The van der Waals surface area contributed by atoms with Gasteiger partial charge in [0, 0.05) is 0 Å². The molecule has 42 heavy (non-hydrogen) atoms. The molecule has 0 aliphatic rings. The first-order valence-electron chi connectivity index (χ1n) is 15.2. The molecule has 220 valence electrons. The largest absolute Gasteiger partial charge is 0.504 e. The van der Waals surface area contributed by atoms with E-state index in [1.165, 1.54) is 79.8 Å². The van der Waals surface area contributed by atoms with Crippen LogP contribution in [0.3, 0.4) is 0 Å². The van der Waals surface area contributed by atoms with Gasteiger partial charge in [-0.3, -0.25) is 0 Å². The van der Waals surface area contributed by atoms with E-state index in [9.17, 15) is 9.90 Å². The highest BCUT2D eigenvalue weighted by Gasteiger charge is 2.44. The molecular formula is C37H44O4P+. The van der Waals surface area contributed by atoms with Crippen LogP contribution in [0.2, 0.25) is 0 Å². The maximum absolute atomic E-state index is 12.2. The second-order valence-corrected chi connectivity index (χ2v) is 14.4. The van der Waals surface area contributed by atoms with Crippen LogP contribution >= 0.6 is 7.26 Å². The van der Waals surface area contributed by atoms with E-state index in [1.54, 1.807) is 6.07 Å². The molecule has 0 aliphatic heterocycles. The molecule has 0 atom stereocenters. The number of phenols is 1. The van der Waals surface area contributed by atoms with Crippen molar-refractivity contribution < 1.29 is 19.4 Å². The fourth-order valence-electron chi connectivity index (χ4n) is 5.62. The molecule has 4 aromatic carbocycles. The summed E-state index contributed by atoms with van der Waals surface area (Å²) in [5.41, 5.74) is 0.389. The molecule has 0 radical (unpaired) electrons. The van der Waals surface area contributed by atoms with Crippen LogP contribution < -0.4 is 20.7 Å². The summed E-state index contributed by atoms with van der Waals surface area (Å²) < 4.78 is 10.4. The molecule has 0 spiro atoms. The van der Waals surface area contributed by atoms with Gasteiger partial charge in [-0.2, -0.15) is 0 Å². The molecule has 0 aliphatic carbocycles. The Morgan fingerprint density at radius 3 is 1.55 bits per heavy atom. The quantitative estimate of drug-likeness (QED) is 0.0776. The topological polar surface area (TPSA) is 55.8 Å². The van der Waals surface area contributed by atoms with Crippen molar-refractivity contribution in [3.63, 3.8) is 0 Å². The van der Waals surface area contributed by atoms with E-state index in [2.05, 4.69) is 91.0 Å². The van der Waals surface area contributed by atoms with Crippen LogP contribution in [-0.4, -0.2) is 31.0 Å². The molecule has 4 nitrogen and oxygen atoms in total. The van der Waals surface area contributed by atoms with Crippen LogP contribution in [0, 0.1) is 0 Å². The van der Waals surface area contributed by atoms with Gasteiger partial charge in [0.2, 0.25) is 0 Å². The minimum atomic E-state index is -1.72. The molecule has 0 heterocycles. The summed E-state index contributed by atoms with van der Waals surface area (Å²) >= 11 is 0. The SMILES string of the molecule is COc1cc(C(=O)OCCCCCCCCCCC[P+](c2ccccc2)(c2ccccc2)c2ccccc2)ccc1O. The predicted octanol–water partition coefficient (Wildman–Crippen LogP) is 8.06. The zero-order valence-electron chi connectivity index (χ0n) is 24.8. The highest BCUT2D eigenvalue weighted by molar-refractivity contribution is 7.95. The fourth-order valence-corrected chi connectivity index (χ4v) is 10.0. The molecule has 0 aromatic heterocycles. The molecule has 5 heteroatoms. The maximum Gasteiger partial charge on any atom is 0.338 e. The summed E-state index contributed by atoms with van der Waals surface area (Å²) in [5, 5.41) is 14.1. The van der Waals surface area contributed by atoms with Crippen molar-refractivity contribution in [3.05, 3.63) is 115 Å². The Morgan fingerprint density at radius 1 is 0.619 bits per heavy atom. The van der Waals surface area contributed by atoms with Crippen molar-refractivity contribution >= 4 is 29.1 Å². The summed E-state index contributed by atoms with van der Waals surface area (Å²) in [6.07, 6.45) is 11.8. The number of methoxy groups -OCH3 is 1. The van der Waals surface area contributed by atoms with Gasteiger partial charge in [0.1, 0.15) is 23.2 Å². The lowest BCUT2D eigenvalue weighted by molar-refractivity contribution is 0.0497. The van der Waals surface area contributed by atoms with Gasteiger partial charge in [-0.05, 0) is 73.9 Å². The molecular weight excluding hydrogens is 539 g/mol. The summed E-state index contributed by atoms with van der Waals surface area (Å²) in [7, 11) is -0.259. The summed E-state index contributed by atoms with van der Waals surface area (Å²) in [5.74, 6) is -0.101. The lowest BCUT2D eigenvalue weighted by atomic mass is 10.1. The van der Waals surface area contributed by atoms with Crippen molar-refractivity contribution in [2.24, 2.45) is 0 Å². The molecule has 0 unspecified atom stereocenters. The van der Waals surface area contributed by atoms with Gasteiger partial charge in [0.15, 0.2) is 11.5 Å². The van der Waals surface area contributed by atoms with Crippen molar-refractivity contribution in [2.75, 3.05) is 19.9 Å². The maximum atomic E-state index is 12.2. The average molecular weight is 584 g/mol. The number of carbonyl (C=O) groups excluding carboxylic acids is 1. The monoisotopic (exact) mass is 583 g/mol. The van der Waals surface area contributed by atoms with Crippen LogP contribution in [0.4, 0.5) is 0 Å². The zero-order valence-corrected chi connectivity index (χ0v) is 25.7. The number of benzene rings is 4. The molecule has 0 bridgehead atoms. The van der Waals surface area contributed by atoms with Gasteiger partial charge in [-0.25, -0.2) is 4.79 Å². The van der Waals surface area contributed by atoms with Gasteiger partial charge in [-0.15, -0.1) is 0 Å². The highest BCUT2D eigenvalue weighted by atomic mass is 31.2. The minimum absolute atomic E-state index is 0.00944. The lowest BCUT2D eigenvalue weighted by Gasteiger charge is -2.27. The van der Waals surface area contributed by atoms with Gasteiger partial charge in [0.25, 0.3) is 0 Å². The Labute approximate surface area is 252 Å².